The third-order valence-electron chi connectivity index (χ3n) is 5.63. The van der Waals surface area contributed by atoms with Crippen LogP contribution < -0.4 is 9.47 Å². The van der Waals surface area contributed by atoms with Crippen LogP contribution in [-0.4, -0.2) is 40.4 Å². The number of ether oxygens (including phenoxy) is 2. The predicted molar refractivity (Wildman–Crippen MR) is 127 cm³/mol. The molecule has 1 aliphatic rings. The molecule has 0 bridgehead atoms. The maximum atomic E-state index is 13.2. The van der Waals surface area contributed by atoms with Gasteiger partial charge in [-0.15, -0.1) is 0 Å². The van der Waals surface area contributed by atoms with E-state index in [9.17, 15) is 14.7 Å². The number of aromatic nitrogens is 1. The van der Waals surface area contributed by atoms with Crippen LogP contribution in [0.25, 0.3) is 5.76 Å². The number of carbonyl (C=O) groups is 2. The van der Waals surface area contributed by atoms with Gasteiger partial charge in [0.1, 0.15) is 17.3 Å². The zero-order valence-corrected chi connectivity index (χ0v) is 19.1. The second kappa shape index (κ2) is 10.2. The Morgan fingerprint density at radius 2 is 1.85 bits per heavy atom. The number of pyridine rings is 1. The zero-order valence-electron chi connectivity index (χ0n) is 19.1. The molecule has 2 heterocycles. The van der Waals surface area contributed by atoms with Crippen LogP contribution in [0.1, 0.15) is 36.1 Å². The monoisotopic (exact) mass is 458 g/mol. The van der Waals surface area contributed by atoms with E-state index in [4.69, 9.17) is 9.47 Å². The Morgan fingerprint density at radius 1 is 1.06 bits per heavy atom. The summed E-state index contributed by atoms with van der Waals surface area (Å²) in [6, 6.07) is 16.8. The lowest BCUT2D eigenvalue weighted by molar-refractivity contribution is -0.140. The first-order valence-electron chi connectivity index (χ1n) is 11.1. The number of nitrogens with zero attached hydrogens (tertiary/aromatic N) is 2. The Labute approximate surface area is 198 Å². The molecule has 0 radical (unpaired) electrons. The second-order valence-electron chi connectivity index (χ2n) is 7.94. The van der Waals surface area contributed by atoms with Crippen molar-refractivity contribution < 1.29 is 24.2 Å². The fourth-order valence-corrected chi connectivity index (χ4v) is 3.97. The first-order chi connectivity index (χ1) is 16.5. The summed E-state index contributed by atoms with van der Waals surface area (Å²) in [5.41, 5.74) is 1.89. The third kappa shape index (κ3) is 4.64. The molecule has 1 aliphatic heterocycles. The van der Waals surface area contributed by atoms with Crippen LogP contribution in [-0.2, 0) is 16.1 Å². The van der Waals surface area contributed by atoms with Gasteiger partial charge in [0.15, 0.2) is 0 Å². The van der Waals surface area contributed by atoms with Crippen LogP contribution in [0.4, 0.5) is 0 Å². The highest BCUT2D eigenvalue weighted by molar-refractivity contribution is 6.46. The van der Waals surface area contributed by atoms with E-state index in [1.54, 1.807) is 54.9 Å². The van der Waals surface area contributed by atoms with E-state index in [1.807, 2.05) is 25.1 Å². The lowest BCUT2D eigenvalue weighted by Gasteiger charge is -2.25. The lowest BCUT2D eigenvalue weighted by atomic mass is 9.95. The van der Waals surface area contributed by atoms with Crippen molar-refractivity contribution in [1.82, 2.24) is 9.88 Å². The van der Waals surface area contributed by atoms with Crippen LogP contribution in [0, 0.1) is 0 Å². The van der Waals surface area contributed by atoms with Gasteiger partial charge in [-0.3, -0.25) is 14.6 Å². The molecule has 174 valence electrons. The van der Waals surface area contributed by atoms with Gasteiger partial charge in [-0.1, -0.05) is 37.3 Å². The number of aliphatic hydroxyl groups excluding tert-OH is 1. The molecule has 1 amide bonds. The van der Waals surface area contributed by atoms with E-state index in [0.717, 1.165) is 12.0 Å². The van der Waals surface area contributed by atoms with Gasteiger partial charge >= 0.3 is 0 Å². The van der Waals surface area contributed by atoms with Crippen molar-refractivity contribution in [3.63, 3.8) is 0 Å². The molecule has 0 aliphatic carbocycles. The molecule has 7 heteroatoms. The fourth-order valence-electron chi connectivity index (χ4n) is 3.97. The molecule has 1 fully saturated rings. The maximum Gasteiger partial charge on any atom is 0.295 e. The van der Waals surface area contributed by atoms with E-state index in [0.29, 0.717) is 29.2 Å². The van der Waals surface area contributed by atoms with Crippen molar-refractivity contribution in [2.45, 2.75) is 25.9 Å². The molecule has 4 rings (SSSR count). The van der Waals surface area contributed by atoms with Crippen molar-refractivity contribution in [2.75, 3.05) is 13.7 Å². The Kier molecular flexibility index (Phi) is 6.92. The molecule has 1 N–H and O–H groups in total. The van der Waals surface area contributed by atoms with Crippen LogP contribution in [0.2, 0.25) is 0 Å². The summed E-state index contributed by atoms with van der Waals surface area (Å²) in [6.07, 6.45) is 4.18. The first kappa shape index (κ1) is 23.0. The van der Waals surface area contributed by atoms with Gasteiger partial charge in [-0.05, 0) is 47.9 Å². The van der Waals surface area contributed by atoms with E-state index in [1.165, 1.54) is 12.0 Å². The van der Waals surface area contributed by atoms with Crippen LogP contribution in [0.15, 0.2) is 78.6 Å². The molecular formula is C27H26N2O5. The smallest absolute Gasteiger partial charge is 0.295 e. The molecule has 7 nitrogen and oxygen atoms in total. The molecule has 1 saturated heterocycles. The number of likely N-dealkylation sites (tertiary alicyclic amines) is 1. The summed E-state index contributed by atoms with van der Waals surface area (Å²) >= 11 is 0. The highest BCUT2D eigenvalue weighted by atomic mass is 16.5. The van der Waals surface area contributed by atoms with Crippen molar-refractivity contribution in [1.29, 1.82) is 0 Å². The topological polar surface area (TPSA) is 89.0 Å². The Hall–Kier alpha value is -4.13. The summed E-state index contributed by atoms with van der Waals surface area (Å²) < 4.78 is 10.9. The maximum absolute atomic E-state index is 13.2. The van der Waals surface area contributed by atoms with Crippen molar-refractivity contribution in [3.8, 4) is 11.5 Å². The number of hydrogen-bond acceptors (Lipinski definition) is 6. The average Bonchev–Trinajstić information content (AvgIpc) is 3.13. The van der Waals surface area contributed by atoms with Gasteiger partial charge in [0.05, 0.1) is 25.3 Å². The van der Waals surface area contributed by atoms with E-state index in [-0.39, 0.29) is 17.9 Å². The number of carbonyl (C=O) groups excluding carboxylic acids is 2. The molecule has 1 aromatic heterocycles. The lowest BCUT2D eigenvalue weighted by Crippen LogP contribution is -2.29. The minimum absolute atomic E-state index is 0.0318. The molecule has 1 unspecified atom stereocenters. The average molecular weight is 459 g/mol. The molecule has 2 aromatic carbocycles. The molecule has 0 spiro atoms. The number of hydrogen-bond donors (Lipinski definition) is 1. The minimum atomic E-state index is -0.772. The van der Waals surface area contributed by atoms with Crippen LogP contribution in [0.5, 0.6) is 11.5 Å². The summed E-state index contributed by atoms with van der Waals surface area (Å²) in [6.45, 7) is 2.79. The van der Waals surface area contributed by atoms with Gasteiger partial charge in [-0.2, -0.15) is 0 Å². The largest absolute Gasteiger partial charge is 0.507 e. The van der Waals surface area contributed by atoms with Crippen molar-refractivity contribution in [2.24, 2.45) is 0 Å². The highest BCUT2D eigenvalue weighted by Crippen LogP contribution is 2.41. The summed E-state index contributed by atoms with van der Waals surface area (Å²) in [7, 11) is 1.52. The Balaban J connectivity index is 1.81. The standard InChI is InChI=1S/C27H26N2O5/c1-3-14-34-21-11-9-19(10-12-21)24-23(25(30)20-7-4-8-22(15-20)33-2)26(31)27(32)29(24)17-18-6-5-13-28-16-18/h4-13,15-16,24,30H,3,14,17H2,1-2H3. The fraction of sp³-hybridized carbons (Fsp3) is 0.222. The van der Waals surface area contributed by atoms with Crippen LogP contribution >= 0.6 is 0 Å². The molecule has 34 heavy (non-hydrogen) atoms. The SMILES string of the molecule is CCCOc1ccc(C2C(=C(O)c3cccc(OC)c3)C(=O)C(=O)N2Cc2cccnc2)cc1. The van der Waals surface area contributed by atoms with Crippen molar-refractivity contribution >= 4 is 17.4 Å². The van der Waals surface area contributed by atoms with Crippen molar-refractivity contribution in [3.05, 3.63) is 95.3 Å². The molecule has 3 aromatic rings. The number of rotatable bonds is 8. The molecular weight excluding hydrogens is 432 g/mol. The number of methoxy groups -OCH3 is 1. The Bertz CT molecular complexity index is 1210. The summed E-state index contributed by atoms with van der Waals surface area (Å²) in [5, 5.41) is 11.2. The van der Waals surface area contributed by atoms with E-state index in [2.05, 4.69) is 4.98 Å². The van der Waals surface area contributed by atoms with Crippen LogP contribution in [0.3, 0.4) is 0 Å². The third-order valence-corrected chi connectivity index (χ3v) is 5.63. The van der Waals surface area contributed by atoms with Gasteiger partial charge in [-0.25, -0.2) is 0 Å². The summed E-state index contributed by atoms with van der Waals surface area (Å²) in [4.78, 5) is 31.9. The first-order valence-corrected chi connectivity index (χ1v) is 11.1. The zero-order chi connectivity index (χ0) is 24.1. The minimum Gasteiger partial charge on any atom is -0.507 e. The highest BCUT2D eigenvalue weighted by Gasteiger charge is 2.46. The molecule has 1 atom stereocenters. The number of amides is 1. The van der Waals surface area contributed by atoms with E-state index < -0.39 is 17.7 Å². The van der Waals surface area contributed by atoms with Gasteiger partial charge in [0, 0.05) is 24.5 Å². The number of aliphatic hydroxyl groups is 1. The quantitative estimate of drug-likeness (QED) is 0.304. The number of benzene rings is 2. The number of Topliss-reactive ketones (excluding diaryl/α,β-unsaturated/α-hetero) is 1. The summed E-state index contributed by atoms with van der Waals surface area (Å²) in [5.74, 6) is -0.433. The van der Waals surface area contributed by atoms with Gasteiger partial charge < -0.3 is 19.5 Å². The van der Waals surface area contributed by atoms with Gasteiger partial charge in [0.2, 0.25) is 0 Å². The predicted octanol–water partition coefficient (Wildman–Crippen LogP) is 4.50. The second-order valence-corrected chi connectivity index (χ2v) is 7.94. The van der Waals surface area contributed by atoms with Gasteiger partial charge in [0.25, 0.3) is 11.7 Å². The van der Waals surface area contributed by atoms with E-state index >= 15 is 0 Å². The Morgan fingerprint density at radius 3 is 2.53 bits per heavy atom. The molecule has 0 saturated carbocycles. The number of ketones is 1. The normalized spacial score (nSPS) is 17.1.